The van der Waals surface area contributed by atoms with Gasteiger partial charge in [-0.05, 0) is 71.5 Å². The minimum absolute atomic E-state index is 0. The number of fused-ring (bicyclic) bond motifs is 8. The number of hydrogen-bond acceptors (Lipinski definition) is 2. The van der Waals surface area contributed by atoms with Crippen LogP contribution in [0.25, 0.3) is 68.6 Å². The van der Waals surface area contributed by atoms with Crippen molar-refractivity contribution in [2.75, 3.05) is 0 Å². The number of nitrogens with zero attached hydrogens (tertiary/aromatic N) is 4. The first-order valence-corrected chi connectivity index (χ1v) is 12.8. The second-order valence-corrected chi connectivity index (χ2v) is 9.59. The van der Waals surface area contributed by atoms with Crippen molar-refractivity contribution in [3.05, 3.63) is 119 Å². The molecule has 2 aliphatic heterocycles. The molecule has 0 N–H and O–H groups in total. The maximum atomic E-state index is 5.07. The number of aryl methyl sites for hydroxylation is 2. The molecule has 0 aliphatic carbocycles. The molecule has 7 rings (SSSR count). The number of aromatic nitrogens is 4. The molecule has 3 aromatic heterocycles. The summed E-state index contributed by atoms with van der Waals surface area (Å²) in [6, 6.07) is 29.0. The predicted octanol–water partition coefficient (Wildman–Crippen LogP) is 7.86. The maximum absolute atomic E-state index is 5.07. The Hall–Kier alpha value is -4.34. The summed E-state index contributed by atoms with van der Waals surface area (Å²) in [6.45, 7) is 4.17. The fourth-order valence-electron chi connectivity index (χ4n) is 5.17. The second kappa shape index (κ2) is 10.1. The molecule has 5 aromatic rings. The van der Waals surface area contributed by atoms with E-state index in [1.54, 1.807) is 0 Å². The molecule has 0 saturated carbocycles. The smallest absolute Gasteiger partial charge is 0.657 e. The van der Waals surface area contributed by atoms with E-state index in [2.05, 4.69) is 111 Å². The molecular formula is C34H24N4Zn. The molecule has 2 aromatic carbocycles. The van der Waals surface area contributed by atoms with Gasteiger partial charge in [0.15, 0.2) is 0 Å². The van der Waals surface area contributed by atoms with Crippen LogP contribution < -0.4 is 9.97 Å². The van der Waals surface area contributed by atoms with Gasteiger partial charge in [-0.3, -0.25) is 0 Å². The molecule has 0 radical (unpaired) electrons. The van der Waals surface area contributed by atoms with Crippen molar-refractivity contribution in [2.24, 2.45) is 0 Å². The molecule has 39 heavy (non-hydrogen) atoms. The third-order valence-corrected chi connectivity index (χ3v) is 7.25. The van der Waals surface area contributed by atoms with E-state index in [0.717, 1.165) is 78.2 Å². The largest absolute Gasteiger partial charge is 2.00 e. The Morgan fingerprint density at radius 2 is 0.795 bits per heavy atom. The average Bonchev–Trinajstić information content (AvgIpc) is 3.77. The molecule has 0 fully saturated rings. The Labute approximate surface area is 240 Å². The van der Waals surface area contributed by atoms with Gasteiger partial charge >= 0.3 is 19.5 Å². The van der Waals surface area contributed by atoms with Crippen molar-refractivity contribution >= 4 is 46.4 Å². The maximum Gasteiger partial charge on any atom is 2.00 e. The molecule has 4 nitrogen and oxygen atoms in total. The zero-order valence-electron chi connectivity index (χ0n) is 21.9. The van der Waals surface area contributed by atoms with Gasteiger partial charge in [0.05, 0.1) is 22.8 Å². The molecule has 182 valence electrons. The Kier molecular flexibility index (Phi) is 6.46. The molecule has 5 heterocycles. The van der Waals surface area contributed by atoms with Crippen LogP contribution in [0.1, 0.15) is 33.9 Å². The summed E-state index contributed by atoms with van der Waals surface area (Å²) in [5.74, 6) is 0. The molecule has 0 amide bonds. The van der Waals surface area contributed by atoms with Crippen LogP contribution in [0.3, 0.4) is 0 Å². The van der Waals surface area contributed by atoms with Crippen molar-refractivity contribution in [3.63, 3.8) is 0 Å². The van der Waals surface area contributed by atoms with Gasteiger partial charge in [0.25, 0.3) is 0 Å². The van der Waals surface area contributed by atoms with E-state index in [0.29, 0.717) is 0 Å². The van der Waals surface area contributed by atoms with Crippen LogP contribution in [-0.4, -0.2) is 9.97 Å². The summed E-state index contributed by atoms with van der Waals surface area (Å²) in [7, 11) is 0. The van der Waals surface area contributed by atoms with Gasteiger partial charge in [0.1, 0.15) is 0 Å². The molecule has 0 unspecified atom stereocenters. The summed E-state index contributed by atoms with van der Waals surface area (Å²) >= 11 is 0. The van der Waals surface area contributed by atoms with Crippen molar-refractivity contribution in [3.8, 4) is 22.3 Å². The van der Waals surface area contributed by atoms with Gasteiger partial charge in [0.2, 0.25) is 0 Å². The summed E-state index contributed by atoms with van der Waals surface area (Å²) in [5.41, 5.74) is 13.5. The van der Waals surface area contributed by atoms with E-state index in [-0.39, 0.29) is 19.5 Å². The third-order valence-electron chi connectivity index (χ3n) is 7.25. The Morgan fingerprint density at radius 3 is 1.21 bits per heavy atom. The molecule has 0 atom stereocenters. The van der Waals surface area contributed by atoms with E-state index in [1.807, 2.05) is 12.1 Å². The van der Waals surface area contributed by atoms with E-state index in [9.17, 15) is 0 Å². The van der Waals surface area contributed by atoms with E-state index in [1.165, 1.54) is 0 Å². The second-order valence-electron chi connectivity index (χ2n) is 9.59. The van der Waals surface area contributed by atoms with Crippen LogP contribution in [0.5, 0.6) is 0 Å². The van der Waals surface area contributed by atoms with Crippen molar-refractivity contribution in [1.29, 1.82) is 0 Å². The van der Waals surface area contributed by atoms with Crippen molar-refractivity contribution in [1.82, 2.24) is 19.9 Å². The minimum Gasteiger partial charge on any atom is -0.657 e. The molecule has 2 aliphatic rings. The first-order valence-electron chi connectivity index (χ1n) is 12.8. The van der Waals surface area contributed by atoms with Gasteiger partial charge in [0, 0.05) is 0 Å². The Bertz CT molecular complexity index is 1780. The molecule has 0 spiro atoms. The van der Waals surface area contributed by atoms with E-state index >= 15 is 0 Å². The van der Waals surface area contributed by atoms with Gasteiger partial charge in [-0.15, -0.1) is 22.1 Å². The zero-order chi connectivity index (χ0) is 25.6. The number of benzene rings is 2. The number of rotatable bonds is 2. The summed E-state index contributed by atoms with van der Waals surface area (Å²) < 4.78 is 0. The van der Waals surface area contributed by atoms with E-state index < -0.39 is 0 Å². The standard InChI is InChI=1S/C34H24N4.Zn/c1-21-25-13-17-29(35-25)33(23-9-5-3-6-10-23)31-19-15-27(37-31)22(2)28-16-20-32(38-28)34(24-11-7-4-8-12-24)30-18-14-26(21)36-30;/h3-20H,1-2H3;/q-2;+2. The average molecular weight is 554 g/mol. The van der Waals surface area contributed by atoms with Crippen molar-refractivity contribution < 1.29 is 19.5 Å². The monoisotopic (exact) mass is 552 g/mol. The fraction of sp³-hybridized carbons (Fsp3) is 0.0588. The topological polar surface area (TPSA) is 54.0 Å². The van der Waals surface area contributed by atoms with Crippen LogP contribution in [-0.2, 0) is 19.5 Å². The summed E-state index contributed by atoms with van der Waals surface area (Å²) in [4.78, 5) is 20.3. The van der Waals surface area contributed by atoms with Gasteiger partial charge < -0.3 is 9.97 Å². The Balaban J connectivity index is 0.00000277. The molecule has 8 bridgehead atoms. The zero-order valence-corrected chi connectivity index (χ0v) is 24.9. The van der Waals surface area contributed by atoms with E-state index in [4.69, 9.17) is 19.9 Å². The van der Waals surface area contributed by atoms with Gasteiger partial charge in [-0.25, -0.2) is 9.97 Å². The minimum atomic E-state index is 0. The van der Waals surface area contributed by atoms with Crippen LogP contribution >= 0.6 is 0 Å². The van der Waals surface area contributed by atoms with Crippen LogP contribution in [0.2, 0.25) is 0 Å². The molecule has 5 heteroatoms. The number of hydrogen-bond donors (Lipinski definition) is 0. The third kappa shape index (κ3) is 4.39. The van der Waals surface area contributed by atoms with Gasteiger partial charge in [-0.2, -0.15) is 0 Å². The first kappa shape index (κ1) is 25.0. The first-order chi connectivity index (χ1) is 18.7. The predicted molar refractivity (Wildman–Crippen MR) is 157 cm³/mol. The van der Waals surface area contributed by atoms with Crippen LogP contribution in [0, 0.1) is 13.8 Å². The SMILES string of the molecule is Cc1c2nc(c(-c3ccccc3)c3ccc([n-]3)c(C)c3nc(c(-c4ccccc4)c4ccc1[n-]4)C=C3)C=C2.[Zn+2]. The fourth-order valence-corrected chi connectivity index (χ4v) is 5.17. The summed E-state index contributed by atoms with van der Waals surface area (Å²) in [5, 5.41) is 0. The normalized spacial score (nSPS) is 11.9. The van der Waals surface area contributed by atoms with Crippen LogP contribution in [0.4, 0.5) is 0 Å². The van der Waals surface area contributed by atoms with Crippen LogP contribution in [0.15, 0.2) is 84.9 Å². The Morgan fingerprint density at radius 1 is 0.436 bits per heavy atom. The molecule has 0 saturated heterocycles. The van der Waals surface area contributed by atoms with Crippen molar-refractivity contribution in [2.45, 2.75) is 13.8 Å². The quantitative estimate of drug-likeness (QED) is 0.204. The van der Waals surface area contributed by atoms with Gasteiger partial charge in [-0.1, -0.05) is 84.9 Å². The molecular weight excluding hydrogens is 530 g/mol. The summed E-state index contributed by atoms with van der Waals surface area (Å²) in [6.07, 6.45) is 8.32.